The molecule has 152 valence electrons. The number of likely N-dealkylation sites (tertiary alicyclic amines) is 1. The number of para-hydroxylation sites is 1. The van der Waals surface area contributed by atoms with E-state index in [0.717, 1.165) is 6.42 Å². The van der Waals surface area contributed by atoms with Crippen molar-refractivity contribution in [2.24, 2.45) is 0 Å². The molecule has 1 atom stereocenters. The van der Waals surface area contributed by atoms with Crippen LogP contribution in [0.5, 0.6) is 0 Å². The minimum absolute atomic E-state index is 0.641. The van der Waals surface area contributed by atoms with E-state index in [4.69, 9.17) is 0 Å². The number of hydrogen-bond acceptors (Lipinski definition) is 1. The highest BCUT2D eigenvalue weighted by Crippen LogP contribution is 2.33. The second-order valence-electron chi connectivity index (χ2n) is 8.52. The van der Waals surface area contributed by atoms with Crippen LogP contribution in [0.15, 0.2) is 84.9 Å². The van der Waals surface area contributed by atoms with Crippen LogP contribution in [-0.2, 0) is 12.8 Å². The molecule has 1 saturated heterocycles. The van der Waals surface area contributed by atoms with Gasteiger partial charge in [0.05, 0.1) is 0 Å². The lowest BCUT2D eigenvalue weighted by atomic mass is 9.97. The molecule has 1 aliphatic heterocycles. The fourth-order valence-electron chi connectivity index (χ4n) is 5.05. The van der Waals surface area contributed by atoms with Crippen LogP contribution in [0.25, 0.3) is 22.2 Å². The summed E-state index contributed by atoms with van der Waals surface area (Å²) in [5, 5.41) is 1.38. The lowest BCUT2D eigenvalue weighted by Gasteiger charge is -2.25. The van der Waals surface area contributed by atoms with Crippen LogP contribution in [0.2, 0.25) is 0 Å². The van der Waals surface area contributed by atoms with Crippen molar-refractivity contribution in [2.75, 3.05) is 13.1 Å². The van der Waals surface area contributed by atoms with E-state index in [1.165, 1.54) is 72.1 Å². The normalized spacial score (nSPS) is 17.0. The van der Waals surface area contributed by atoms with E-state index in [1.807, 2.05) is 0 Å². The van der Waals surface area contributed by atoms with Crippen LogP contribution in [0.1, 0.15) is 30.4 Å². The molecule has 5 rings (SSSR count). The predicted octanol–water partition coefficient (Wildman–Crippen LogP) is 6.47. The van der Waals surface area contributed by atoms with Crippen molar-refractivity contribution in [3.8, 4) is 11.3 Å². The molecule has 0 spiro atoms. The van der Waals surface area contributed by atoms with E-state index in [1.54, 1.807) is 0 Å². The molecule has 1 fully saturated rings. The Morgan fingerprint density at radius 3 is 2.40 bits per heavy atom. The Morgan fingerprint density at radius 1 is 0.833 bits per heavy atom. The lowest BCUT2D eigenvalue weighted by Crippen LogP contribution is -2.32. The number of H-pyrrole nitrogens is 1. The molecule has 0 unspecified atom stereocenters. The van der Waals surface area contributed by atoms with Crippen molar-refractivity contribution in [1.29, 1.82) is 0 Å². The van der Waals surface area contributed by atoms with Crippen molar-refractivity contribution in [1.82, 2.24) is 9.88 Å². The average molecular weight is 395 g/mol. The molecule has 0 saturated carbocycles. The molecule has 30 heavy (non-hydrogen) atoms. The van der Waals surface area contributed by atoms with Gasteiger partial charge in [0, 0.05) is 22.6 Å². The molecule has 4 aromatic rings. The van der Waals surface area contributed by atoms with Crippen molar-refractivity contribution < 1.29 is 0 Å². The fourth-order valence-corrected chi connectivity index (χ4v) is 5.05. The number of hydrogen-bond donors (Lipinski definition) is 1. The Labute approximate surface area is 179 Å². The summed E-state index contributed by atoms with van der Waals surface area (Å²) in [6.45, 7) is 2.44. The first-order chi connectivity index (χ1) is 14.9. The molecule has 0 amide bonds. The molecule has 1 aliphatic rings. The zero-order valence-electron chi connectivity index (χ0n) is 17.6. The molecule has 2 nitrogen and oxygen atoms in total. The topological polar surface area (TPSA) is 19.0 Å². The number of nitrogens with zero attached hydrogens (tertiary/aromatic N) is 1. The van der Waals surface area contributed by atoms with Gasteiger partial charge in [-0.2, -0.15) is 0 Å². The Morgan fingerprint density at radius 2 is 1.57 bits per heavy atom. The van der Waals surface area contributed by atoms with Gasteiger partial charge < -0.3 is 9.88 Å². The molecule has 3 aromatic carbocycles. The summed E-state index contributed by atoms with van der Waals surface area (Å²) >= 11 is 0. The minimum atomic E-state index is 0.641. The highest BCUT2D eigenvalue weighted by molar-refractivity contribution is 5.90. The number of benzene rings is 3. The molecule has 0 radical (unpaired) electrons. The van der Waals surface area contributed by atoms with Crippen LogP contribution >= 0.6 is 0 Å². The van der Waals surface area contributed by atoms with E-state index in [9.17, 15) is 0 Å². The summed E-state index contributed by atoms with van der Waals surface area (Å²) in [5.41, 5.74) is 6.78. The largest absolute Gasteiger partial charge is 0.354 e. The van der Waals surface area contributed by atoms with E-state index in [2.05, 4.69) is 94.8 Å². The summed E-state index contributed by atoms with van der Waals surface area (Å²) in [6, 6.07) is 31.1. The third-order valence-electron chi connectivity index (χ3n) is 6.57. The van der Waals surface area contributed by atoms with Gasteiger partial charge in [-0.05, 0) is 68.0 Å². The third kappa shape index (κ3) is 4.06. The monoisotopic (exact) mass is 394 g/mol. The summed E-state index contributed by atoms with van der Waals surface area (Å²) < 4.78 is 0. The molecule has 0 aliphatic carbocycles. The number of aromatic nitrogens is 1. The first-order valence-electron chi connectivity index (χ1n) is 11.3. The quantitative estimate of drug-likeness (QED) is 0.380. The van der Waals surface area contributed by atoms with Crippen molar-refractivity contribution in [3.63, 3.8) is 0 Å². The number of nitrogens with one attached hydrogen (secondary N) is 1. The van der Waals surface area contributed by atoms with Gasteiger partial charge in [-0.3, -0.25) is 0 Å². The SMILES string of the molecule is c1ccc(CCCN2CCC[C@@H]2Cc2c(-c3ccccc3)[nH]c3ccccc23)cc1. The second kappa shape index (κ2) is 8.89. The van der Waals surface area contributed by atoms with Gasteiger partial charge in [0.2, 0.25) is 0 Å². The maximum atomic E-state index is 3.72. The summed E-state index contributed by atoms with van der Waals surface area (Å²) in [7, 11) is 0. The van der Waals surface area contributed by atoms with Gasteiger partial charge in [0.1, 0.15) is 0 Å². The second-order valence-corrected chi connectivity index (χ2v) is 8.52. The average Bonchev–Trinajstić information content (AvgIpc) is 3.40. The minimum Gasteiger partial charge on any atom is -0.354 e. The van der Waals surface area contributed by atoms with E-state index in [0.29, 0.717) is 6.04 Å². The van der Waals surface area contributed by atoms with Crippen LogP contribution in [0.4, 0.5) is 0 Å². The number of aromatic amines is 1. The van der Waals surface area contributed by atoms with Gasteiger partial charge in [-0.1, -0.05) is 78.9 Å². The Balaban J connectivity index is 1.35. The Kier molecular flexibility index (Phi) is 5.67. The predicted molar refractivity (Wildman–Crippen MR) is 127 cm³/mol. The van der Waals surface area contributed by atoms with Crippen LogP contribution in [0, 0.1) is 0 Å². The lowest BCUT2D eigenvalue weighted by molar-refractivity contribution is 0.250. The zero-order chi connectivity index (χ0) is 20.2. The maximum Gasteiger partial charge on any atom is 0.0497 e. The summed E-state index contributed by atoms with van der Waals surface area (Å²) in [6.07, 6.45) is 6.16. The zero-order valence-corrected chi connectivity index (χ0v) is 17.6. The van der Waals surface area contributed by atoms with Gasteiger partial charge in [0.25, 0.3) is 0 Å². The van der Waals surface area contributed by atoms with Gasteiger partial charge in [-0.15, -0.1) is 0 Å². The van der Waals surface area contributed by atoms with Crippen LogP contribution in [-0.4, -0.2) is 29.0 Å². The van der Waals surface area contributed by atoms with Crippen molar-refractivity contribution >= 4 is 10.9 Å². The number of fused-ring (bicyclic) bond motifs is 1. The number of rotatable bonds is 7. The van der Waals surface area contributed by atoms with Gasteiger partial charge in [-0.25, -0.2) is 0 Å². The van der Waals surface area contributed by atoms with Gasteiger partial charge >= 0.3 is 0 Å². The molecule has 1 aromatic heterocycles. The van der Waals surface area contributed by atoms with E-state index < -0.39 is 0 Å². The highest BCUT2D eigenvalue weighted by Gasteiger charge is 2.26. The molecule has 2 heteroatoms. The van der Waals surface area contributed by atoms with Crippen molar-refractivity contribution in [3.05, 3.63) is 96.1 Å². The van der Waals surface area contributed by atoms with E-state index >= 15 is 0 Å². The Hall–Kier alpha value is -2.84. The van der Waals surface area contributed by atoms with Gasteiger partial charge in [0.15, 0.2) is 0 Å². The van der Waals surface area contributed by atoms with Crippen molar-refractivity contribution in [2.45, 2.75) is 38.1 Å². The molecular weight excluding hydrogens is 364 g/mol. The summed E-state index contributed by atoms with van der Waals surface area (Å²) in [5.74, 6) is 0. The smallest absolute Gasteiger partial charge is 0.0497 e. The molecule has 2 heterocycles. The maximum absolute atomic E-state index is 3.72. The standard InChI is InChI=1S/C28H30N2/c1-3-11-22(12-4-1)13-9-19-30-20-10-16-24(30)21-26-25-17-7-8-18-27(25)29-28(26)23-14-5-2-6-15-23/h1-8,11-12,14-15,17-18,24,29H,9-10,13,16,19-21H2/t24-/m1/s1. The van der Waals surface area contributed by atoms with E-state index in [-0.39, 0.29) is 0 Å². The number of aryl methyl sites for hydroxylation is 1. The Bertz CT molecular complexity index is 1080. The molecule has 1 N–H and O–H groups in total. The summed E-state index contributed by atoms with van der Waals surface area (Å²) in [4.78, 5) is 6.45. The first kappa shape index (κ1) is 19.1. The highest BCUT2D eigenvalue weighted by atomic mass is 15.2. The van der Waals surface area contributed by atoms with Crippen LogP contribution < -0.4 is 0 Å². The fraction of sp³-hybridized carbons (Fsp3) is 0.286. The first-order valence-corrected chi connectivity index (χ1v) is 11.3. The molecule has 0 bridgehead atoms. The van der Waals surface area contributed by atoms with Crippen LogP contribution in [0.3, 0.4) is 0 Å². The molecular formula is C28H30N2. The third-order valence-corrected chi connectivity index (χ3v) is 6.57.